The summed E-state index contributed by atoms with van der Waals surface area (Å²) in [4.78, 5) is 29.1. The lowest BCUT2D eigenvalue weighted by atomic mass is 10.1. The molecule has 4 rings (SSSR count). The normalized spacial score (nSPS) is 11.7. The van der Waals surface area contributed by atoms with E-state index in [0.717, 1.165) is 18.3 Å². The molecule has 0 saturated heterocycles. The van der Waals surface area contributed by atoms with Crippen LogP contribution in [0, 0.1) is 0 Å². The molecule has 7 nitrogen and oxygen atoms in total. The summed E-state index contributed by atoms with van der Waals surface area (Å²) >= 11 is 0. The molecule has 0 atom stereocenters. The molecule has 166 valence electrons. The summed E-state index contributed by atoms with van der Waals surface area (Å²) in [6.07, 6.45) is -0.846. The molecule has 0 aliphatic rings. The second kappa shape index (κ2) is 8.58. The maximum atomic E-state index is 13.6. The molecular weight excluding hydrogens is 437 g/mol. The summed E-state index contributed by atoms with van der Waals surface area (Å²) in [5.74, 6) is -1.31. The van der Waals surface area contributed by atoms with Gasteiger partial charge in [0.1, 0.15) is 0 Å². The Balaban J connectivity index is 1.87. The number of nitrogens with one attached hydrogen (secondary N) is 1. The van der Waals surface area contributed by atoms with E-state index in [-0.39, 0.29) is 21.9 Å². The first-order chi connectivity index (χ1) is 15.8. The predicted octanol–water partition coefficient (Wildman–Crippen LogP) is 3.87. The van der Waals surface area contributed by atoms with Crippen LogP contribution in [-0.4, -0.2) is 26.8 Å². The van der Waals surface area contributed by atoms with Crippen LogP contribution in [0.25, 0.3) is 16.5 Å². The van der Waals surface area contributed by atoms with Gasteiger partial charge in [-0.25, -0.2) is 9.99 Å². The number of hydrogen-bond donors (Lipinski definition) is 2. The lowest BCUT2D eigenvalue weighted by molar-refractivity contribution is -0.137. The fourth-order valence-corrected chi connectivity index (χ4v) is 3.34. The van der Waals surface area contributed by atoms with E-state index in [0.29, 0.717) is 4.57 Å². The fraction of sp³-hybridized carbons (Fsp3) is 0.0435. The Labute approximate surface area is 184 Å². The molecule has 4 aromatic rings. The third kappa shape index (κ3) is 4.18. The predicted molar refractivity (Wildman–Crippen MR) is 116 cm³/mol. The molecule has 33 heavy (non-hydrogen) atoms. The second-order valence-corrected chi connectivity index (χ2v) is 6.87. The summed E-state index contributed by atoms with van der Waals surface area (Å²) in [5.41, 5.74) is 0.0468. The topological polar surface area (TPSA) is 96.6 Å². The number of aromatic hydroxyl groups is 1. The van der Waals surface area contributed by atoms with Gasteiger partial charge in [-0.3, -0.25) is 14.6 Å². The number of carbonyl (C=O) groups is 1. The Hall–Kier alpha value is -4.47. The minimum absolute atomic E-state index is 0.0443. The standard InChI is InChI=1S/C23H15F3N4O3/c24-23(25,26)18-7-3-4-8-19(18)30-21(32)16-6-2-1-5-15(16)17(22(30)33)13-28-29-20(31)14-9-11-27-12-10-14/h1-13,33H,(H,29,31)/b28-13+. The quantitative estimate of drug-likeness (QED) is 0.363. The third-order valence-electron chi connectivity index (χ3n) is 4.86. The van der Waals surface area contributed by atoms with Crippen molar-refractivity contribution in [2.75, 3.05) is 0 Å². The third-order valence-corrected chi connectivity index (χ3v) is 4.86. The van der Waals surface area contributed by atoms with E-state index in [1.807, 2.05) is 0 Å². The largest absolute Gasteiger partial charge is 0.494 e. The minimum Gasteiger partial charge on any atom is -0.494 e. The van der Waals surface area contributed by atoms with Gasteiger partial charge < -0.3 is 5.11 Å². The van der Waals surface area contributed by atoms with Crippen molar-refractivity contribution in [3.8, 4) is 11.6 Å². The molecular formula is C23H15F3N4O3. The molecule has 1 amide bonds. The van der Waals surface area contributed by atoms with Crippen molar-refractivity contribution in [2.24, 2.45) is 5.10 Å². The van der Waals surface area contributed by atoms with Gasteiger partial charge >= 0.3 is 6.18 Å². The monoisotopic (exact) mass is 452 g/mol. The Bertz CT molecular complexity index is 1430. The summed E-state index contributed by atoms with van der Waals surface area (Å²) in [6, 6.07) is 13.4. The van der Waals surface area contributed by atoms with E-state index in [4.69, 9.17) is 0 Å². The highest BCUT2D eigenvalue weighted by Crippen LogP contribution is 2.35. The van der Waals surface area contributed by atoms with Crippen LogP contribution < -0.4 is 11.0 Å². The van der Waals surface area contributed by atoms with E-state index in [9.17, 15) is 27.9 Å². The van der Waals surface area contributed by atoms with E-state index < -0.39 is 34.8 Å². The molecule has 2 N–H and O–H groups in total. The minimum atomic E-state index is -4.76. The van der Waals surface area contributed by atoms with Crippen LogP contribution in [0.3, 0.4) is 0 Å². The van der Waals surface area contributed by atoms with Gasteiger partial charge in [0.15, 0.2) is 0 Å². The van der Waals surface area contributed by atoms with Crippen LogP contribution in [0.2, 0.25) is 0 Å². The van der Waals surface area contributed by atoms with Crippen LogP contribution in [-0.2, 0) is 6.18 Å². The zero-order valence-corrected chi connectivity index (χ0v) is 16.7. The second-order valence-electron chi connectivity index (χ2n) is 6.87. The molecule has 0 aliphatic carbocycles. The zero-order chi connectivity index (χ0) is 23.6. The molecule has 0 saturated carbocycles. The van der Waals surface area contributed by atoms with E-state index in [1.54, 1.807) is 12.1 Å². The van der Waals surface area contributed by atoms with Gasteiger partial charge in [0.05, 0.1) is 23.0 Å². The van der Waals surface area contributed by atoms with Gasteiger partial charge in [0.2, 0.25) is 5.88 Å². The molecule has 2 heterocycles. The Kier molecular flexibility index (Phi) is 5.65. The number of benzene rings is 2. The van der Waals surface area contributed by atoms with Gasteiger partial charge in [-0.05, 0) is 30.3 Å². The lowest BCUT2D eigenvalue weighted by Crippen LogP contribution is -2.23. The number of hydrazone groups is 1. The van der Waals surface area contributed by atoms with Crippen molar-refractivity contribution < 1.29 is 23.1 Å². The van der Waals surface area contributed by atoms with Crippen LogP contribution in [0.4, 0.5) is 13.2 Å². The number of nitrogens with zero attached hydrogens (tertiary/aromatic N) is 3. The van der Waals surface area contributed by atoms with Crippen molar-refractivity contribution >= 4 is 22.9 Å². The van der Waals surface area contributed by atoms with Gasteiger partial charge in [-0.2, -0.15) is 18.3 Å². The van der Waals surface area contributed by atoms with Crippen molar-refractivity contribution in [1.29, 1.82) is 0 Å². The number of hydrogen-bond acceptors (Lipinski definition) is 5. The van der Waals surface area contributed by atoms with Gasteiger partial charge in [0.25, 0.3) is 11.5 Å². The molecule has 0 aliphatic heterocycles. The fourth-order valence-electron chi connectivity index (χ4n) is 3.34. The average molecular weight is 452 g/mol. The highest BCUT2D eigenvalue weighted by Gasteiger charge is 2.34. The maximum absolute atomic E-state index is 13.6. The molecule has 0 bridgehead atoms. The number of carbonyl (C=O) groups excluding carboxylic acids is 1. The Morgan fingerprint density at radius 1 is 1.00 bits per heavy atom. The molecule has 0 fully saturated rings. The molecule has 0 spiro atoms. The van der Waals surface area contributed by atoms with Crippen LogP contribution in [0.15, 0.2) is 83.0 Å². The number of amides is 1. The Morgan fingerprint density at radius 2 is 1.64 bits per heavy atom. The smallest absolute Gasteiger partial charge is 0.418 e. The lowest BCUT2D eigenvalue weighted by Gasteiger charge is -2.17. The Morgan fingerprint density at radius 3 is 2.33 bits per heavy atom. The summed E-state index contributed by atoms with van der Waals surface area (Å²) in [7, 11) is 0. The van der Waals surface area contributed by atoms with Crippen LogP contribution in [0.5, 0.6) is 5.88 Å². The van der Waals surface area contributed by atoms with Crippen molar-refractivity contribution in [3.05, 3.63) is 100 Å². The number of rotatable bonds is 4. The highest BCUT2D eigenvalue weighted by molar-refractivity contribution is 6.02. The SMILES string of the molecule is O=C(N/N=C/c1c(O)n(-c2ccccc2C(F)(F)F)c(=O)c2ccccc12)c1ccncc1. The number of pyridine rings is 2. The van der Waals surface area contributed by atoms with E-state index >= 15 is 0 Å². The summed E-state index contributed by atoms with van der Waals surface area (Å²) < 4.78 is 41.3. The van der Waals surface area contributed by atoms with Crippen molar-refractivity contribution in [2.45, 2.75) is 6.18 Å². The molecule has 0 radical (unpaired) electrons. The number of alkyl halides is 3. The first-order valence-electron chi connectivity index (χ1n) is 9.56. The number of fused-ring (bicyclic) bond motifs is 1. The summed E-state index contributed by atoms with van der Waals surface area (Å²) in [6.45, 7) is 0. The number of halogens is 3. The van der Waals surface area contributed by atoms with Crippen LogP contribution in [0.1, 0.15) is 21.5 Å². The maximum Gasteiger partial charge on any atom is 0.418 e. The molecule has 10 heteroatoms. The molecule has 2 aromatic heterocycles. The van der Waals surface area contributed by atoms with Crippen molar-refractivity contribution in [3.63, 3.8) is 0 Å². The van der Waals surface area contributed by atoms with Crippen LogP contribution >= 0.6 is 0 Å². The highest BCUT2D eigenvalue weighted by atomic mass is 19.4. The number of para-hydroxylation sites is 1. The van der Waals surface area contributed by atoms with Gasteiger partial charge in [-0.1, -0.05) is 30.3 Å². The van der Waals surface area contributed by atoms with Gasteiger partial charge in [0, 0.05) is 28.7 Å². The molecule has 0 unspecified atom stereocenters. The van der Waals surface area contributed by atoms with E-state index in [2.05, 4.69) is 15.5 Å². The average Bonchev–Trinajstić information content (AvgIpc) is 2.81. The molecule has 2 aromatic carbocycles. The first kappa shape index (κ1) is 21.8. The summed E-state index contributed by atoms with van der Waals surface area (Å²) in [5, 5.41) is 15.0. The zero-order valence-electron chi connectivity index (χ0n) is 16.7. The van der Waals surface area contributed by atoms with Gasteiger partial charge in [-0.15, -0.1) is 0 Å². The number of aromatic nitrogens is 2. The van der Waals surface area contributed by atoms with E-state index in [1.165, 1.54) is 48.8 Å². The first-order valence-corrected chi connectivity index (χ1v) is 9.56. The van der Waals surface area contributed by atoms with Crippen molar-refractivity contribution in [1.82, 2.24) is 15.0 Å².